The molecule has 0 spiro atoms. The molecule has 2 heterocycles. The van der Waals surface area contributed by atoms with Crippen LogP contribution in [0.15, 0.2) is 35.4 Å². The van der Waals surface area contributed by atoms with Crippen LogP contribution in [0.25, 0.3) is 11.6 Å². The van der Waals surface area contributed by atoms with Crippen molar-refractivity contribution in [2.24, 2.45) is 0 Å². The first-order valence-corrected chi connectivity index (χ1v) is 6.39. The van der Waals surface area contributed by atoms with Gasteiger partial charge in [-0.1, -0.05) is 26.0 Å². The molecule has 0 aliphatic carbocycles. The number of nitrogens with zero attached hydrogens (tertiary/aromatic N) is 1. The number of aryl methyl sites for hydroxylation is 2. The maximum absolute atomic E-state index is 12.1. The number of allylic oxidation sites excluding steroid dienone is 2. The minimum absolute atomic E-state index is 0.118. The van der Waals surface area contributed by atoms with Crippen molar-refractivity contribution in [1.29, 1.82) is 0 Å². The second kappa shape index (κ2) is 6.20. The highest BCUT2D eigenvalue weighted by Gasteiger charge is 2.04. The van der Waals surface area contributed by atoms with E-state index >= 15 is 0 Å². The Morgan fingerprint density at radius 1 is 1.17 bits per heavy atom. The van der Waals surface area contributed by atoms with Gasteiger partial charge in [0.1, 0.15) is 0 Å². The summed E-state index contributed by atoms with van der Waals surface area (Å²) in [5.74, 6) is 0. The predicted octanol–water partition coefficient (Wildman–Crippen LogP) is 3.02. The molecule has 0 amide bonds. The molecule has 18 heavy (non-hydrogen) atoms. The summed E-state index contributed by atoms with van der Waals surface area (Å²) in [4.78, 5) is 12.1. The summed E-state index contributed by atoms with van der Waals surface area (Å²) in [7, 11) is 0. The van der Waals surface area contributed by atoms with Gasteiger partial charge < -0.3 is 4.40 Å². The first-order chi connectivity index (χ1) is 8.65. The van der Waals surface area contributed by atoms with Crippen LogP contribution in [0, 0.1) is 13.8 Å². The number of aromatic nitrogens is 1. The third kappa shape index (κ3) is 2.53. The largest absolute Gasteiger partial charge is 0.322 e. The van der Waals surface area contributed by atoms with E-state index in [0.29, 0.717) is 0 Å². The summed E-state index contributed by atoms with van der Waals surface area (Å²) >= 11 is 0. The molecule has 0 atom stereocenters. The fraction of sp³-hybridized carbons (Fsp3) is 0.312. The zero-order valence-electron chi connectivity index (χ0n) is 11.8. The van der Waals surface area contributed by atoms with Crippen LogP contribution in [0.2, 0.25) is 0 Å². The van der Waals surface area contributed by atoms with Crippen LogP contribution in [-0.4, -0.2) is 4.40 Å². The van der Waals surface area contributed by atoms with Gasteiger partial charge in [-0.05, 0) is 38.5 Å². The molecule has 0 saturated heterocycles. The minimum Gasteiger partial charge on any atom is -0.322 e. The van der Waals surface area contributed by atoms with E-state index < -0.39 is 0 Å². The molecule has 2 aromatic heterocycles. The van der Waals surface area contributed by atoms with Gasteiger partial charge in [0.2, 0.25) is 0 Å². The average molecular weight is 243 g/mol. The second-order valence-electron chi connectivity index (χ2n) is 4.00. The summed E-state index contributed by atoms with van der Waals surface area (Å²) in [6, 6.07) is 2.03. The van der Waals surface area contributed by atoms with Gasteiger partial charge in [0.05, 0.1) is 5.52 Å². The number of fused-ring (bicyclic) bond motifs is 1. The predicted molar refractivity (Wildman–Crippen MR) is 79.0 cm³/mol. The van der Waals surface area contributed by atoms with Gasteiger partial charge in [0.25, 0.3) is 0 Å². The second-order valence-corrected chi connectivity index (χ2v) is 4.00. The number of hydrogen-bond donors (Lipinski definition) is 0. The van der Waals surface area contributed by atoms with Crippen LogP contribution in [0.1, 0.15) is 31.9 Å². The number of pyridine rings is 1. The minimum atomic E-state index is 0.118. The SMILES string of the molecule is C/C=C\C=c1\c(=O)c(C)cn2ccc(C)c12.CC. The van der Waals surface area contributed by atoms with Crippen LogP contribution in [0.5, 0.6) is 0 Å². The normalized spacial score (nSPS) is 11.9. The number of rotatable bonds is 1. The maximum atomic E-state index is 12.1. The lowest BCUT2D eigenvalue weighted by atomic mass is 10.2. The highest BCUT2D eigenvalue weighted by atomic mass is 16.1. The summed E-state index contributed by atoms with van der Waals surface area (Å²) < 4.78 is 2.02. The zero-order valence-corrected chi connectivity index (χ0v) is 11.8. The first kappa shape index (κ1) is 14.2. The summed E-state index contributed by atoms with van der Waals surface area (Å²) in [5.41, 5.74) is 3.04. The van der Waals surface area contributed by atoms with E-state index in [2.05, 4.69) is 0 Å². The van der Waals surface area contributed by atoms with Gasteiger partial charge in [0.15, 0.2) is 5.43 Å². The van der Waals surface area contributed by atoms with Crippen LogP contribution >= 0.6 is 0 Å². The third-order valence-electron chi connectivity index (χ3n) is 2.76. The maximum Gasteiger partial charge on any atom is 0.192 e. The molecule has 96 valence electrons. The summed E-state index contributed by atoms with van der Waals surface area (Å²) in [6.45, 7) is 9.82. The van der Waals surface area contributed by atoms with Crippen molar-refractivity contribution in [1.82, 2.24) is 4.40 Å². The van der Waals surface area contributed by atoms with Crippen molar-refractivity contribution in [2.75, 3.05) is 0 Å². The van der Waals surface area contributed by atoms with Gasteiger partial charge in [-0.15, -0.1) is 0 Å². The fourth-order valence-electron chi connectivity index (χ4n) is 1.94. The zero-order chi connectivity index (χ0) is 13.7. The molecule has 0 radical (unpaired) electrons. The van der Waals surface area contributed by atoms with E-state index in [1.165, 1.54) is 0 Å². The Kier molecular flexibility index (Phi) is 4.90. The van der Waals surface area contributed by atoms with Crippen molar-refractivity contribution in [3.8, 4) is 0 Å². The molecule has 0 N–H and O–H groups in total. The smallest absolute Gasteiger partial charge is 0.192 e. The topological polar surface area (TPSA) is 21.5 Å². The van der Waals surface area contributed by atoms with Crippen LogP contribution in [-0.2, 0) is 0 Å². The monoisotopic (exact) mass is 243 g/mol. The van der Waals surface area contributed by atoms with E-state index in [4.69, 9.17) is 0 Å². The molecule has 2 nitrogen and oxygen atoms in total. The Morgan fingerprint density at radius 2 is 1.83 bits per heavy atom. The van der Waals surface area contributed by atoms with Gasteiger partial charge in [-0.25, -0.2) is 0 Å². The van der Waals surface area contributed by atoms with Gasteiger partial charge in [-0.2, -0.15) is 0 Å². The highest BCUT2D eigenvalue weighted by molar-refractivity contribution is 5.61. The van der Waals surface area contributed by atoms with Gasteiger partial charge in [0, 0.05) is 23.2 Å². The standard InChI is InChI=1S/C14H15NO.C2H6/c1-4-5-6-12-13-10(2)7-8-15(13)9-11(3)14(12)16;1-2/h4-9H,1-3H3;1-2H3/b5-4-,12-6+;. The van der Waals surface area contributed by atoms with Crippen LogP contribution < -0.4 is 10.6 Å². The molecule has 0 saturated carbocycles. The molecule has 0 aromatic carbocycles. The molecule has 2 rings (SSSR count). The van der Waals surface area contributed by atoms with E-state index in [9.17, 15) is 4.79 Å². The fourth-order valence-corrected chi connectivity index (χ4v) is 1.94. The lowest BCUT2D eigenvalue weighted by Crippen LogP contribution is -2.28. The molecule has 2 heteroatoms. The highest BCUT2D eigenvalue weighted by Crippen LogP contribution is 2.06. The van der Waals surface area contributed by atoms with E-state index in [-0.39, 0.29) is 5.43 Å². The van der Waals surface area contributed by atoms with Crippen molar-refractivity contribution < 1.29 is 0 Å². The van der Waals surface area contributed by atoms with Crippen molar-refractivity contribution in [3.05, 3.63) is 57.2 Å². The Bertz CT molecular complexity index is 662. The van der Waals surface area contributed by atoms with Gasteiger partial charge in [-0.3, -0.25) is 4.79 Å². The van der Waals surface area contributed by atoms with Gasteiger partial charge >= 0.3 is 0 Å². The summed E-state index contributed by atoms with van der Waals surface area (Å²) in [6.07, 6.45) is 9.60. The Morgan fingerprint density at radius 3 is 2.44 bits per heavy atom. The molecule has 2 aromatic rings. The van der Waals surface area contributed by atoms with Crippen molar-refractivity contribution >= 4 is 11.6 Å². The molecular weight excluding hydrogens is 222 g/mol. The third-order valence-corrected chi connectivity index (χ3v) is 2.76. The molecule has 0 fully saturated rings. The van der Waals surface area contributed by atoms with Crippen LogP contribution in [0.3, 0.4) is 0 Å². The molecule has 0 unspecified atom stereocenters. The molecular formula is C16H21NO. The van der Waals surface area contributed by atoms with E-state index in [0.717, 1.165) is 21.9 Å². The lowest BCUT2D eigenvalue weighted by Gasteiger charge is -1.99. The molecule has 0 aliphatic rings. The van der Waals surface area contributed by atoms with Crippen LogP contribution in [0.4, 0.5) is 0 Å². The lowest BCUT2D eigenvalue weighted by molar-refractivity contribution is 1.13. The first-order valence-electron chi connectivity index (χ1n) is 6.39. The molecule has 0 bridgehead atoms. The Balaban J connectivity index is 0.000000771. The van der Waals surface area contributed by atoms with E-state index in [1.54, 1.807) is 0 Å². The average Bonchev–Trinajstić information content (AvgIpc) is 2.74. The molecule has 0 aliphatic heterocycles. The Labute approximate surface area is 108 Å². The quantitative estimate of drug-likeness (QED) is 0.754. The Hall–Kier alpha value is -1.83. The number of hydrogen-bond acceptors (Lipinski definition) is 1. The van der Waals surface area contributed by atoms with Crippen molar-refractivity contribution in [2.45, 2.75) is 34.6 Å². The van der Waals surface area contributed by atoms with Crippen molar-refractivity contribution in [3.63, 3.8) is 0 Å². The van der Waals surface area contributed by atoms with E-state index in [1.807, 2.05) is 75.7 Å². The summed E-state index contributed by atoms with van der Waals surface area (Å²) in [5, 5.41) is 0.778.